The van der Waals surface area contributed by atoms with Gasteiger partial charge in [-0.15, -0.1) is 0 Å². The van der Waals surface area contributed by atoms with Crippen LogP contribution in [0.15, 0.2) is 12.1 Å². The molecular formula is C21H9Cl27O. The average molecular weight is 1230 g/mol. The van der Waals surface area contributed by atoms with Crippen molar-refractivity contribution in [2.24, 2.45) is 0 Å². The summed E-state index contributed by atoms with van der Waals surface area (Å²) in [6, 6.07) is 1.72. The lowest BCUT2D eigenvalue weighted by Crippen LogP contribution is -2.57. The van der Waals surface area contributed by atoms with Gasteiger partial charge in [0.15, 0.2) is 26.0 Å². The van der Waals surface area contributed by atoms with E-state index in [-0.39, 0.29) is 6.42 Å². The third kappa shape index (κ3) is 9.43. The first-order valence-electron chi connectivity index (χ1n) is 11.4. The Kier molecular flexibility index (Phi) is 18.8. The van der Waals surface area contributed by atoms with E-state index < -0.39 is 78.7 Å². The maximum atomic E-state index is 11.5. The van der Waals surface area contributed by atoms with Crippen molar-refractivity contribution in [1.82, 2.24) is 0 Å². The van der Waals surface area contributed by atoms with Crippen LogP contribution in [0.5, 0.6) is 0 Å². The fourth-order valence-electron chi connectivity index (χ4n) is 3.56. The third-order valence-electron chi connectivity index (χ3n) is 6.37. The minimum atomic E-state index is -3.04. The summed E-state index contributed by atoms with van der Waals surface area (Å²) in [5, 5.41) is 11.5. The maximum Gasteiger partial charge on any atom is 0.226 e. The van der Waals surface area contributed by atoms with Gasteiger partial charge in [-0.2, -0.15) is 0 Å². The summed E-state index contributed by atoms with van der Waals surface area (Å²) in [6.07, 6.45) is -1.99. The molecule has 1 atom stereocenters. The predicted molar refractivity (Wildman–Crippen MR) is 229 cm³/mol. The summed E-state index contributed by atoms with van der Waals surface area (Å²) >= 11 is 172. The molecule has 0 amide bonds. The first-order chi connectivity index (χ1) is 20.9. The van der Waals surface area contributed by atoms with Crippen LogP contribution in [-0.4, -0.2) is 42.5 Å². The van der Waals surface area contributed by atoms with Gasteiger partial charge in [-0.05, 0) is 40.8 Å². The number of hydrogen-bond acceptors (Lipinski definition) is 1. The van der Waals surface area contributed by atoms with Crippen LogP contribution in [0.3, 0.4) is 0 Å². The molecule has 0 saturated carbocycles. The molecule has 0 aromatic heterocycles. The molecule has 28 heteroatoms. The number of alkyl halides is 27. The number of rotatable bonds is 11. The second kappa shape index (κ2) is 17.1. The van der Waals surface area contributed by atoms with Crippen molar-refractivity contribution >= 4 is 313 Å². The number of halogens is 27. The van der Waals surface area contributed by atoms with E-state index in [2.05, 4.69) is 0 Å². The zero-order valence-electron chi connectivity index (χ0n) is 22.1. The van der Waals surface area contributed by atoms with Gasteiger partial charge in [-0.25, -0.2) is 0 Å². The molecule has 0 radical (unpaired) electrons. The minimum Gasteiger partial charge on any atom is -0.388 e. The molecule has 0 heterocycles. The molecular weight excluding hydrogens is 1230 g/mol. The van der Waals surface area contributed by atoms with Crippen molar-refractivity contribution in [3.63, 3.8) is 0 Å². The van der Waals surface area contributed by atoms with Crippen molar-refractivity contribution in [2.75, 3.05) is 0 Å². The number of hydrogen-bond donors (Lipinski definition) is 1. The summed E-state index contributed by atoms with van der Waals surface area (Å²) in [5.41, 5.74) is -2.56. The standard InChI is InChI=1S/C21H9Cl27O/c1-2-8(49)9-6(11(24,25)14(30,31)17(36,37)20(43,44)45)3-5(10(22,23)13(28,29)16(34,35)19(40,41)42)4-7(9)12(26,27)15(32,33)18(38,39)21(46,47)48/h3-4,8,49H,2H2,1H3. The lowest BCUT2D eigenvalue weighted by Gasteiger charge is -2.48. The summed E-state index contributed by atoms with van der Waals surface area (Å²) < 4.78 is -35.0. The molecule has 1 rings (SSSR count). The molecule has 1 nitrogen and oxygen atoms in total. The van der Waals surface area contributed by atoms with Gasteiger partial charge in [0, 0.05) is 0 Å². The van der Waals surface area contributed by atoms with E-state index in [0.29, 0.717) is 0 Å². The van der Waals surface area contributed by atoms with E-state index in [1.165, 1.54) is 6.92 Å². The van der Waals surface area contributed by atoms with Crippen LogP contribution < -0.4 is 0 Å². The molecule has 0 aliphatic rings. The minimum absolute atomic E-state index is 0.224. The van der Waals surface area contributed by atoms with Gasteiger partial charge < -0.3 is 5.11 Å². The molecule has 0 aliphatic heterocycles. The van der Waals surface area contributed by atoms with Crippen molar-refractivity contribution < 1.29 is 5.11 Å². The quantitative estimate of drug-likeness (QED) is 0.219. The first-order valence-corrected chi connectivity index (χ1v) is 21.6. The molecule has 0 bridgehead atoms. The molecule has 288 valence electrons. The van der Waals surface area contributed by atoms with E-state index in [9.17, 15) is 5.11 Å². The van der Waals surface area contributed by atoms with Crippen LogP contribution in [-0.2, 0) is 13.0 Å². The van der Waals surface area contributed by atoms with Crippen LogP contribution in [0.25, 0.3) is 0 Å². The van der Waals surface area contributed by atoms with Crippen molar-refractivity contribution in [3.8, 4) is 0 Å². The zero-order valence-corrected chi connectivity index (χ0v) is 42.5. The molecule has 49 heavy (non-hydrogen) atoms. The summed E-state index contributed by atoms with van der Waals surface area (Å²) in [6.45, 7) is 1.44. The molecule has 0 aliphatic carbocycles. The van der Waals surface area contributed by atoms with Crippen LogP contribution >= 0.6 is 313 Å². The molecule has 1 N–H and O–H groups in total. The van der Waals surface area contributed by atoms with Gasteiger partial charge in [0.25, 0.3) is 0 Å². The first kappa shape index (κ1) is 54.0. The highest BCUT2D eigenvalue weighted by molar-refractivity contribution is 6.82. The van der Waals surface area contributed by atoms with Gasteiger partial charge in [-0.3, -0.25) is 0 Å². The largest absolute Gasteiger partial charge is 0.388 e. The normalized spacial score (nSPS) is 16.7. The van der Waals surface area contributed by atoms with E-state index in [1.807, 2.05) is 0 Å². The summed E-state index contributed by atoms with van der Waals surface area (Å²) in [4.78, 5) is 0. The Balaban J connectivity index is 4.84. The summed E-state index contributed by atoms with van der Waals surface area (Å²) in [7, 11) is 0. The highest BCUT2D eigenvalue weighted by Gasteiger charge is 2.73. The van der Waals surface area contributed by atoms with Crippen LogP contribution in [0, 0.1) is 0 Å². The second-order valence-electron chi connectivity index (χ2n) is 9.57. The molecule has 1 aromatic rings. The second-order valence-corrected chi connectivity index (χ2v) is 28.4. The SMILES string of the molecule is CCC(O)c1c(C(Cl)(Cl)C(Cl)(Cl)C(Cl)(Cl)C(Cl)(Cl)Cl)cc(C(Cl)(Cl)C(Cl)(Cl)C(Cl)(Cl)C(Cl)(Cl)Cl)cc1C(Cl)(Cl)C(Cl)(Cl)C(Cl)(Cl)C(Cl)(Cl)Cl. The number of aliphatic hydroxyl groups is 1. The Bertz CT molecular complexity index is 1290. The third-order valence-corrected chi connectivity index (χ3v) is 22.7. The molecule has 0 fully saturated rings. The molecule has 1 aromatic carbocycles. The average Bonchev–Trinajstić information content (AvgIpc) is 2.89. The predicted octanol–water partition coefficient (Wildman–Crippen LogP) is 18.2. The Morgan fingerprint density at radius 1 is 0.408 bits per heavy atom. The van der Waals surface area contributed by atoms with E-state index in [4.69, 9.17) is 313 Å². The van der Waals surface area contributed by atoms with Crippen molar-refractivity contribution in [3.05, 3.63) is 34.4 Å². The highest BCUT2D eigenvalue weighted by atomic mass is 35.6. The topological polar surface area (TPSA) is 20.2 Å². The Labute approximate surface area is 416 Å². The van der Waals surface area contributed by atoms with Gasteiger partial charge in [0.2, 0.25) is 24.4 Å². The van der Waals surface area contributed by atoms with E-state index >= 15 is 0 Å². The highest BCUT2D eigenvalue weighted by Crippen LogP contribution is 2.71. The van der Waals surface area contributed by atoms with Gasteiger partial charge in [0.1, 0.15) is 0 Å². The number of aliphatic hydroxyl groups excluding tert-OH is 1. The Morgan fingerprint density at radius 3 is 0.837 bits per heavy atom. The fraction of sp³-hybridized carbons (Fsp3) is 0.714. The fourth-order valence-corrected chi connectivity index (χ4v) is 10.3. The van der Waals surface area contributed by atoms with Gasteiger partial charge in [-0.1, -0.05) is 320 Å². The van der Waals surface area contributed by atoms with Gasteiger partial charge in [0.05, 0.1) is 6.10 Å². The molecule has 1 unspecified atom stereocenters. The smallest absolute Gasteiger partial charge is 0.226 e. The lowest BCUT2D eigenvalue weighted by atomic mass is 9.85. The Morgan fingerprint density at radius 2 is 0.633 bits per heavy atom. The van der Waals surface area contributed by atoms with Crippen LogP contribution in [0.2, 0.25) is 0 Å². The molecule has 0 spiro atoms. The lowest BCUT2D eigenvalue weighted by molar-refractivity contribution is 0.170. The molecule has 0 saturated heterocycles. The Hall–Kier alpha value is 7.01. The van der Waals surface area contributed by atoms with E-state index in [1.54, 1.807) is 0 Å². The van der Waals surface area contributed by atoms with Crippen molar-refractivity contribution in [2.45, 2.75) is 69.8 Å². The van der Waals surface area contributed by atoms with Gasteiger partial charge >= 0.3 is 0 Å². The zero-order chi connectivity index (χ0) is 40.0. The van der Waals surface area contributed by atoms with E-state index in [0.717, 1.165) is 12.1 Å². The van der Waals surface area contributed by atoms with Crippen LogP contribution in [0.4, 0.5) is 0 Å². The van der Waals surface area contributed by atoms with Crippen molar-refractivity contribution in [1.29, 1.82) is 0 Å². The maximum absolute atomic E-state index is 11.5. The monoisotopic (exact) mass is 1220 g/mol. The summed E-state index contributed by atoms with van der Waals surface area (Å²) in [5.74, 6) is 0. The number of benzene rings is 1. The van der Waals surface area contributed by atoms with Crippen LogP contribution in [0.1, 0.15) is 41.7 Å².